The maximum atomic E-state index is 12.4. The number of halogens is 4. The van der Waals surface area contributed by atoms with Gasteiger partial charge in [0.2, 0.25) is 0 Å². The Balaban J connectivity index is 3.53. The largest absolute Gasteiger partial charge is 0.495 e. The van der Waals surface area contributed by atoms with Crippen LogP contribution in [0, 0.1) is 3.70 Å². The molecule has 1 heterocycles. The Bertz CT molecular complexity index is 509. The Hall–Kier alpha value is -0.220. The summed E-state index contributed by atoms with van der Waals surface area (Å²) in [5, 5.41) is 0. The number of alkyl halides is 2. The van der Waals surface area contributed by atoms with Gasteiger partial charge in [0.1, 0.15) is 15.1 Å². The maximum absolute atomic E-state index is 12.4. The first-order valence-electron chi connectivity index (χ1n) is 3.74. The molecule has 0 N–H and O–H groups in total. The average Bonchev–Trinajstić information content (AvgIpc) is 2.14. The lowest BCUT2D eigenvalue weighted by atomic mass is 10.3. The maximum Gasteiger partial charge on any atom is 0.280 e. The molecule has 1 rings (SSSR count). The molecule has 0 aliphatic heterocycles. The van der Waals surface area contributed by atoms with Gasteiger partial charge in [0.15, 0.2) is 4.90 Å². The third kappa shape index (κ3) is 2.92. The number of pyridine rings is 1. The molecule has 0 unspecified atom stereocenters. The molecule has 0 aromatic carbocycles. The van der Waals surface area contributed by atoms with E-state index in [-0.39, 0.29) is 9.45 Å². The highest BCUT2D eigenvalue weighted by Gasteiger charge is 2.24. The molecule has 0 amide bonds. The molecule has 9 heteroatoms. The van der Waals surface area contributed by atoms with E-state index < -0.39 is 26.1 Å². The van der Waals surface area contributed by atoms with Gasteiger partial charge in [-0.05, 0) is 22.6 Å². The van der Waals surface area contributed by atoms with Crippen LogP contribution in [-0.4, -0.2) is 20.5 Å². The van der Waals surface area contributed by atoms with Crippen LogP contribution < -0.4 is 4.74 Å². The summed E-state index contributed by atoms with van der Waals surface area (Å²) in [6.07, 6.45) is -2.81. The van der Waals surface area contributed by atoms with Crippen LogP contribution in [0.4, 0.5) is 8.78 Å². The third-order valence-corrected chi connectivity index (χ3v) is 4.10. The van der Waals surface area contributed by atoms with E-state index in [1.54, 1.807) is 0 Å². The van der Waals surface area contributed by atoms with Crippen molar-refractivity contribution in [2.75, 3.05) is 7.11 Å². The molecule has 0 saturated carbocycles. The molecular formula is C7H5ClF2INO3S. The number of methoxy groups -OCH3 is 1. The Kier molecular flexibility index (Phi) is 4.29. The van der Waals surface area contributed by atoms with Gasteiger partial charge < -0.3 is 4.74 Å². The van der Waals surface area contributed by atoms with Gasteiger partial charge in [0, 0.05) is 16.7 Å². The van der Waals surface area contributed by atoms with Gasteiger partial charge in [-0.3, -0.25) is 0 Å². The van der Waals surface area contributed by atoms with Crippen molar-refractivity contribution < 1.29 is 21.9 Å². The van der Waals surface area contributed by atoms with Crippen molar-refractivity contribution in [2.24, 2.45) is 0 Å². The fourth-order valence-corrected chi connectivity index (χ4v) is 3.86. The van der Waals surface area contributed by atoms with Crippen molar-refractivity contribution in [1.29, 1.82) is 0 Å². The van der Waals surface area contributed by atoms with E-state index in [0.717, 1.165) is 13.2 Å². The Morgan fingerprint density at radius 3 is 2.50 bits per heavy atom. The van der Waals surface area contributed by atoms with E-state index in [4.69, 9.17) is 15.4 Å². The lowest BCUT2D eigenvalue weighted by molar-refractivity contribution is 0.145. The summed E-state index contributed by atoms with van der Waals surface area (Å²) in [6, 6.07) is 0.849. The molecule has 4 nitrogen and oxygen atoms in total. The zero-order chi connectivity index (χ0) is 12.5. The summed E-state index contributed by atoms with van der Waals surface area (Å²) in [5.74, 6) is -0.246. The van der Waals surface area contributed by atoms with Crippen LogP contribution in [0.2, 0.25) is 0 Å². The number of rotatable bonds is 3. The van der Waals surface area contributed by atoms with E-state index in [1.165, 1.54) is 22.6 Å². The van der Waals surface area contributed by atoms with Crippen LogP contribution in [0.1, 0.15) is 12.1 Å². The summed E-state index contributed by atoms with van der Waals surface area (Å²) >= 11 is 1.51. The first kappa shape index (κ1) is 13.8. The van der Waals surface area contributed by atoms with Crippen LogP contribution in [0.3, 0.4) is 0 Å². The monoisotopic (exact) mass is 383 g/mol. The molecule has 0 atom stereocenters. The Morgan fingerprint density at radius 2 is 2.12 bits per heavy atom. The fourth-order valence-electron chi connectivity index (χ4n) is 0.982. The minimum Gasteiger partial charge on any atom is -0.495 e. The van der Waals surface area contributed by atoms with Crippen molar-refractivity contribution in [1.82, 2.24) is 4.98 Å². The van der Waals surface area contributed by atoms with Gasteiger partial charge in [0.25, 0.3) is 15.5 Å². The molecule has 1 aromatic rings. The zero-order valence-electron chi connectivity index (χ0n) is 7.75. The van der Waals surface area contributed by atoms with Crippen LogP contribution in [0.5, 0.6) is 5.75 Å². The Morgan fingerprint density at radius 1 is 1.56 bits per heavy atom. The normalized spacial score (nSPS) is 11.9. The molecule has 0 saturated heterocycles. The summed E-state index contributed by atoms with van der Waals surface area (Å²) in [5.41, 5.74) is -0.565. The average molecular weight is 384 g/mol. The highest BCUT2D eigenvalue weighted by molar-refractivity contribution is 14.1. The second-order valence-electron chi connectivity index (χ2n) is 2.61. The molecule has 0 aliphatic rings. The quantitative estimate of drug-likeness (QED) is 0.457. The molecule has 0 fully saturated rings. The smallest absolute Gasteiger partial charge is 0.280 e. The summed E-state index contributed by atoms with van der Waals surface area (Å²) in [6.45, 7) is 0. The molecule has 0 aliphatic carbocycles. The van der Waals surface area contributed by atoms with Crippen LogP contribution >= 0.6 is 33.3 Å². The molecule has 16 heavy (non-hydrogen) atoms. The summed E-state index contributed by atoms with van der Waals surface area (Å²) in [7, 11) is 2.21. The van der Waals surface area contributed by atoms with Crippen molar-refractivity contribution in [3.63, 3.8) is 0 Å². The van der Waals surface area contributed by atoms with Gasteiger partial charge in [0.05, 0.1) is 7.11 Å². The van der Waals surface area contributed by atoms with Gasteiger partial charge in [-0.25, -0.2) is 22.2 Å². The first-order chi connectivity index (χ1) is 7.27. The van der Waals surface area contributed by atoms with Crippen molar-refractivity contribution in [3.05, 3.63) is 15.5 Å². The summed E-state index contributed by atoms with van der Waals surface area (Å²) in [4.78, 5) is 3.04. The van der Waals surface area contributed by atoms with E-state index in [1.807, 2.05) is 0 Å². The number of nitrogens with zero attached hydrogens (tertiary/aromatic N) is 1. The number of aromatic nitrogens is 1. The topological polar surface area (TPSA) is 56.3 Å². The molecule has 1 aromatic heterocycles. The SMILES string of the molecule is COc1cc(C(F)F)nc(I)c1S(=O)(=O)Cl. The fraction of sp³-hybridized carbons (Fsp3) is 0.286. The van der Waals surface area contributed by atoms with Gasteiger partial charge in [-0.1, -0.05) is 0 Å². The van der Waals surface area contributed by atoms with Crippen LogP contribution in [0.15, 0.2) is 11.0 Å². The minimum atomic E-state index is -4.09. The van der Waals surface area contributed by atoms with E-state index in [2.05, 4.69) is 4.98 Å². The van der Waals surface area contributed by atoms with Crippen molar-refractivity contribution >= 4 is 42.3 Å². The number of hydrogen-bond acceptors (Lipinski definition) is 4. The lowest BCUT2D eigenvalue weighted by Crippen LogP contribution is -2.04. The molecular weight excluding hydrogens is 379 g/mol. The van der Waals surface area contributed by atoms with Crippen molar-refractivity contribution in [3.8, 4) is 5.75 Å². The van der Waals surface area contributed by atoms with Crippen molar-refractivity contribution in [2.45, 2.75) is 11.3 Å². The Labute approximate surface area is 109 Å². The molecule has 0 spiro atoms. The minimum absolute atomic E-state index is 0.151. The third-order valence-electron chi connectivity index (χ3n) is 1.60. The highest BCUT2D eigenvalue weighted by atomic mass is 127. The van der Waals surface area contributed by atoms with Crippen LogP contribution in [-0.2, 0) is 9.05 Å². The standard InChI is InChI=1S/C7H5ClF2INO3S/c1-15-4-2-3(6(9)10)12-7(11)5(4)16(8,13)14/h2,6H,1H3. The molecule has 90 valence electrons. The number of ether oxygens (including phenoxy) is 1. The highest BCUT2D eigenvalue weighted by Crippen LogP contribution is 2.33. The van der Waals surface area contributed by atoms with Crippen LogP contribution in [0.25, 0.3) is 0 Å². The second-order valence-corrected chi connectivity index (χ2v) is 6.13. The van der Waals surface area contributed by atoms with E-state index in [9.17, 15) is 17.2 Å². The van der Waals surface area contributed by atoms with Gasteiger partial charge in [-0.2, -0.15) is 0 Å². The molecule has 0 radical (unpaired) electrons. The predicted octanol–water partition coefficient (Wildman–Crippen LogP) is 2.56. The predicted molar refractivity (Wildman–Crippen MR) is 61.5 cm³/mol. The van der Waals surface area contributed by atoms with Gasteiger partial charge >= 0.3 is 0 Å². The number of hydrogen-bond donors (Lipinski definition) is 0. The lowest BCUT2D eigenvalue weighted by Gasteiger charge is -2.09. The van der Waals surface area contributed by atoms with E-state index in [0.29, 0.717) is 0 Å². The van der Waals surface area contributed by atoms with Gasteiger partial charge in [-0.15, -0.1) is 0 Å². The first-order valence-corrected chi connectivity index (χ1v) is 7.13. The van der Waals surface area contributed by atoms with E-state index >= 15 is 0 Å². The summed E-state index contributed by atoms with van der Waals surface area (Å²) < 4.78 is 51.7. The zero-order valence-corrected chi connectivity index (χ0v) is 11.5. The second kappa shape index (κ2) is 4.96. The molecule has 0 bridgehead atoms.